The van der Waals surface area contributed by atoms with E-state index in [2.05, 4.69) is 6.92 Å². The SMILES string of the molecule is CCCCCCCCCCCC(=O)N(C)CCC(=O)[O-].[NH4+]. The van der Waals surface area contributed by atoms with Crippen LogP contribution >= 0.6 is 0 Å². The summed E-state index contributed by atoms with van der Waals surface area (Å²) in [6.45, 7) is 2.47. The molecular weight excluding hydrogens is 268 g/mol. The Morgan fingerprint density at radius 3 is 1.81 bits per heavy atom. The van der Waals surface area contributed by atoms with E-state index in [-0.39, 0.29) is 25.0 Å². The van der Waals surface area contributed by atoms with Gasteiger partial charge >= 0.3 is 0 Å². The second kappa shape index (κ2) is 15.3. The summed E-state index contributed by atoms with van der Waals surface area (Å²) >= 11 is 0. The molecule has 5 heteroatoms. The zero-order chi connectivity index (χ0) is 15.2. The molecule has 0 atom stereocenters. The van der Waals surface area contributed by atoms with E-state index in [1.807, 2.05) is 0 Å². The Kier molecular flexibility index (Phi) is 16.2. The van der Waals surface area contributed by atoms with Crippen LogP contribution in [0, 0.1) is 0 Å². The van der Waals surface area contributed by atoms with Crippen LogP contribution in [-0.2, 0) is 9.59 Å². The molecule has 5 nitrogen and oxygen atoms in total. The third-order valence-electron chi connectivity index (χ3n) is 3.57. The smallest absolute Gasteiger partial charge is 0.222 e. The van der Waals surface area contributed by atoms with Gasteiger partial charge in [-0.1, -0.05) is 58.3 Å². The average Bonchev–Trinajstić information content (AvgIpc) is 2.42. The van der Waals surface area contributed by atoms with Crippen LogP contribution in [0.15, 0.2) is 0 Å². The van der Waals surface area contributed by atoms with Crippen LogP contribution in [0.25, 0.3) is 0 Å². The Labute approximate surface area is 129 Å². The highest BCUT2D eigenvalue weighted by molar-refractivity contribution is 5.76. The number of amides is 1. The number of unbranched alkanes of at least 4 members (excludes halogenated alkanes) is 8. The summed E-state index contributed by atoms with van der Waals surface area (Å²) in [4.78, 5) is 23.5. The number of aliphatic carboxylic acids is 1. The number of carbonyl (C=O) groups is 2. The molecule has 21 heavy (non-hydrogen) atoms. The molecule has 4 N–H and O–H groups in total. The van der Waals surface area contributed by atoms with E-state index in [4.69, 9.17) is 0 Å². The van der Waals surface area contributed by atoms with Gasteiger partial charge in [0.25, 0.3) is 0 Å². The maximum absolute atomic E-state index is 11.7. The third kappa shape index (κ3) is 15.1. The van der Waals surface area contributed by atoms with Crippen LogP contribution in [0.3, 0.4) is 0 Å². The summed E-state index contributed by atoms with van der Waals surface area (Å²) in [5.74, 6) is -1.07. The molecule has 0 unspecified atom stereocenters. The topological polar surface area (TPSA) is 96.9 Å². The van der Waals surface area contributed by atoms with Crippen LogP contribution in [0.1, 0.15) is 77.6 Å². The first-order valence-electron chi connectivity index (χ1n) is 8.01. The van der Waals surface area contributed by atoms with Gasteiger partial charge in [0.2, 0.25) is 5.91 Å². The lowest BCUT2D eigenvalue weighted by atomic mass is 10.1. The van der Waals surface area contributed by atoms with Crippen molar-refractivity contribution in [2.24, 2.45) is 0 Å². The Morgan fingerprint density at radius 2 is 1.33 bits per heavy atom. The Balaban J connectivity index is 0. The summed E-state index contributed by atoms with van der Waals surface area (Å²) in [6.07, 6.45) is 11.5. The average molecular weight is 302 g/mol. The van der Waals surface area contributed by atoms with Crippen molar-refractivity contribution in [1.82, 2.24) is 11.1 Å². The molecule has 0 aliphatic heterocycles. The van der Waals surface area contributed by atoms with Gasteiger partial charge in [0.1, 0.15) is 0 Å². The minimum absolute atomic E-state index is 0. The quantitative estimate of drug-likeness (QED) is 0.530. The molecule has 0 aromatic heterocycles. The summed E-state index contributed by atoms with van der Waals surface area (Å²) in [5, 5.41) is 10.3. The number of hydrogen-bond acceptors (Lipinski definition) is 3. The van der Waals surface area contributed by atoms with Crippen molar-refractivity contribution in [3.8, 4) is 0 Å². The predicted octanol–water partition coefficient (Wildman–Crippen LogP) is 2.88. The minimum atomic E-state index is -1.10. The molecule has 126 valence electrons. The van der Waals surface area contributed by atoms with Gasteiger partial charge in [-0.3, -0.25) is 4.79 Å². The molecule has 0 heterocycles. The molecule has 0 saturated heterocycles. The fraction of sp³-hybridized carbons (Fsp3) is 0.875. The Morgan fingerprint density at radius 1 is 0.857 bits per heavy atom. The highest BCUT2D eigenvalue weighted by atomic mass is 16.4. The molecular formula is C16H34N2O3. The third-order valence-corrected chi connectivity index (χ3v) is 3.57. The van der Waals surface area contributed by atoms with E-state index in [0.29, 0.717) is 6.42 Å². The van der Waals surface area contributed by atoms with Crippen molar-refractivity contribution in [3.63, 3.8) is 0 Å². The van der Waals surface area contributed by atoms with Crippen molar-refractivity contribution in [2.45, 2.75) is 77.6 Å². The zero-order valence-corrected chi connectivity index (χ0v) is 14.2. The van der Waals surface area contributed by atoms with Crippen molar-refractivity contribution in [3.05, 3.63) is 0 Å². The van der Waals surface area contributed by atoms with Crippen molar-refractivity contribution < 1.29 is 14.7 Å². The van der Waals surface area contributed by atoms with E-state index in [0.717, 1.165) is 12.8 Å². The Bertz CT molecular complexity index is 270. The van der Waals surface area contributed by atoms with Crippen molar-refractivity contribution in [1.29, 1.82) is 0 Å². The highest BCUT2D eigenvalue weighted by Gasteiger charge is 2.07. The fourth-order valence-electron chi connectivity index (χ4n) is 2.16. The maximum atomic E-state index is 11.7. The Hall–Kier alpha value is -1.10. The summed E-state index contributed by atoms with van der Waals surface area (Å²) in [7, 11) is 1.65. The normalized spacial score (nSPS) is 10.0. The first kappa shape index (κ1) is 22.2. The number of carboxylic acids is 1. The number of carboxylic acid groups (broad SMARTS) is 1. The molecule has 1 amide bonds. The molecule has 0 bridgehead atoms. The molecule has 0 aliphatic carbocycles. The number of quaternary nitrogens is 1. The van der Waals surface area contributed by atoms with Crippen LogP contribution in [0.5, 0.6) is 0 Å². The van der Waals surface area contributed by atoms with Gasteiger partial charge in [0, 0.05) is 32.4 Å². The largest absolute Gasteiger partial charge is 0.550 e. The molecule has 0 radical (unpaired) electrons. The lowest BCUT2D eigenvalue weighted by Gasteiger charge is -2.17. The molecule has 0 aromatic carbocycles. The van der Waals surface area contributed by atoms with Gasteiger partial charge < -0.3 is 21.0 Å². The van der Waals surface area contributed by atoms with E-state index in [1.54, 1.807) is 7.05 Å². The molecule has 0 spiro atoms. The van der Waals surface area contributed by atoms with E-state index in [1.165, 1.54) is 49.8 Å². The second-order valence-corrected chi connectivity index (χ2v) is 5.52. The molecule has 0 rings (SSSR count). The van der Waals surface area contributed by atoms with Crippen LogP contribution in [0.4, 0.5) is 0 Å². The van der Waals surface area contributed by atoms with Crippen LogP contribution < -0.4 is 11.3 Å². The first-order chi connectivity index (χ1) is 9.57. The molecule has 0 aromatic rings. The van der Waals surface area contributed by atoms with Gasteiger partial charge in [-0.15, -0.1) is 0 Å². The number of nitrogens with zero attached hydrogens (tertiary/aromatic N) is 1. The monoisotopic (exact) mass is 302 g/mol. The highest BCUT2D eigenvalue weighted by Crippen LogP contribution is 2.11. The lowest BCUT2D eigenvalue weighted by Crippen LogP contribution is -2.32. The summed E-state index contributed by atoms with van der Waals surface area (Å²) in [6, 6.07) is 0. The van der Waals surface area contributed by atoms with Gasteiger partial charge in [0.15, 0.2) is 0 Å². The van der Waals surface area contributed by atoms with Crippen LogP contribution in [0.2, 0.25) is 0 Å². The van der Waals surface area contributed by atoms with Gasteiger partial charge in [-0.2, -0.15) is 0 Å². The molecule has 0 aliphatic rings. The predicted molar refractivity (Wildman–Crippen MR) is 85.1 cm³/mol. The number of hydrogen-bond donors (Lipinski definition) is 1. The van der Waals surface area contributed by atoms with Gasteiger partial charge in [-0.25, -0.2) is 0 Å². The zero-order valence-electron chi connectivity index (χ0n) is 14.2. The second-order valence-electron chi connectivity index (χ2n) is 5.52. The minimum Gasteiger partial charge on any atom is -0.550 e. The van der Waals surface area contributed by atoms with E-state index >= 15 is 0 Å². The number of carbonyl (C=O) groups excluding carboxylic acids is 2. The summed E-state index contributed by atoms with van der Waals surface area (Å²) < 4.78 is 0. The van der Waals surface area contributed by atoms with E-state index < -0.39 is 5.97 Å². The standard InChI is InChI=1S/C16H31NO3.H3N/c1-3-4-5-6-7-8-9-10-11-12-15(18)17(2)14-13-16(19)20;/h3-14H2,1-2H3,(H,19,20);1H3. The van der Waals surface area contributed by atoms with E-state index in [9.17, 15) is 14.7 Å². The van der Waals surface area contributed by atoms with Crippen molar-refractivity contribution >= 4 is 11.9 Å². The van der Waals surface area contributed by atoms with Gasteiger partial charge in [-0.05, 0) is 6.42 Å². The van der Waals surface area contributed by atoms with Gasteiger partial charge in [0.05, 0.1) is 0 Å². The first-order valence-corrected chi connectivity index (χ1v) is 8.01. The number of rotatable bonds is 13. The molecule has 0 fully saturated rings. The summed E-state index contributed by atoms with van der Waals surface area (Å²) in [5.41, 5.74) is 0. The molecule has 0 saturated carbocycles. The lowest BCUT2D eigenvalue weighted by molar-refractivity contribution is -0.305. The maximum Gasteiger partial charge on any atom is 0.222 e. The fourth-order valence-corrected chi connectivity index (χ4v) is 2.16. The van der Waals surface area contributed by atoms with Crippen molar-refractivity contribution in [2.75, 3.05) is 13.6 Å². The van der Waals surface area contributed by atoms with Crippen LogP contribution in [-0.4, -0.2) is 30.4 Å².